The highest BCUT2D eigenvalue weighted by Gasteiger charge is 2.24. The van der Waals surface area contributed by atoms with Crippen LogP contribution in [-0.4, -0.2) is 33.1 Å². The van der Waals surface area contributed by atoms with E-state index in [1.54, 1.807) is 24.1 Å². The monoisotopic (exact) mass is 457 g/mol. The molecule has 0 atom stereocenters. The number of rotatable bonds is 4. The van der Waals surface area contributed by atoms with Crippen LogP contribution in [0.3, 0.4) is 0 Å². The van der Waals surface area contributed by atoms with E-state index in [-0.39, 0.29) is 17.9 Å². The molecule has 0 saturated heterocycles. The van der Waals surface area contributed by atoms with Gasteiger partial charge < -0.3 is 14.6 Å². The number of anilines is 2. The number of furan rings is 1. The molecule has 3 aromatic heterocycles. The fraction of sp³-hybridized carbons (Fsp3) is 0.308. The van der Waals surface area contributed by atoms with Gasteiger partial charge in [0.15, 0.2) is 5.65 Å². The molecule has 0 aliphatic carbocycles. The normalized spacial score (nSPS) is 13.1. The zero-order chi connectivity index (χ0) is 24.1. The first-order chi connectivity index (χ1) is 16.2. The van der Waals surface area contributed by atoms with Crippen molar-refractivity contribution >= 4 is 34.2 Å². The fourth-order valence-corrected chi connectivity index (χ4v) is 4.61. The SMILES string of the molecule is CC(=O)N1CCc2cc(NC(=O)c3cc(-c4cc(C)oc4C)nc4c3cnn4C(C)C)ccc21. The molecule has 1 aliphatic rings. The van der Waals surface area contributed by atoms with Crippen molar-refractivity contribution in [3.05, 3.63) is 59.2 Å². The lowest BCUT2D eigenvalue weighted by Crippen LogP contribution is -2.25. The Labute approximate surface area is 197 Å². The second-order valence-corrected chi connectivity index (χ2v) is 9.02. The largest absolute Gasteiger partial charge is 0.466 e. The van der Waals surface area contributed by atoms with Gasteiger partial charge in [-0.2, -0.15) is 5.10 Å². The molecular formula is C26H27N5O3. The molecule has 8 nitrogen and oxygen atoms in total. The zero-order valence-corrected chi connectivity index (χ0v) is 20.0. The van der Waals surface area contributed by atoms with Crippen molar-refractivity contribution in [3.8, 4) is 11.3 Å². The van der Waals surface area contributed by atoms with E-state index in [9.17, 15) is 9.59 Å². The van der Waals surface area contributed by atoms with Crippen LogP contribution in [0.4, 0.5) is 11.4 Å². The Kier molecular flexibility index (Phi) is 5.23. The van der Waals surface area contributed by atoms with Gasteiger partial charge in [-0.25, -0.2) is 9.67 Å². The first kappa shape index (κ1) is 21.9. The van der Waals surface area contributed by atoms with Crippen molar-refractivity contribution in [3.63, 3.8) is 0 Å². The summed E-state index contributed by atoms with van der Waals surface area (Å²) in [6.45, 7) is 10.1. The average Bonchev–Trinajstić information content (AvgIpc) is 3.48. The van der Waals surface area contributed by atoms with Gasteiger partial charge in [0.2, 0.25) is 5.91 Å². The summed E-state index contributed by atoms with van der Waals surface area (Å²) < 4.78 is 7.54. The number of nitrogens with one attached hydrogen (secondary N) is 1. The summed E-state index contributed by atoms with van der Waals surface area (Å²) in [5, 5.41) is 8.21. The Morgan fingerprint density at radius 3 is 2.62 bits per heavy atom. The van der Waals surface area contributed by atoms with E-state index in [1.165, 1.54) is 0 Å². The highest BCUT2D eigenvalue weighted by Crippen LogP contribution is 2.32. The number of hydrogen-bond acceptors (Lipinski definition) is 5. The van der Waals surface area contributed by atoms with Crippen LogP contribution < -0.4 is 10.2 Å². The molecule has 1 aliphatic heterocycles. The molecule has 5 rings (SSSR count). The number of benzene rings is 1. The highest BCUT2D eigenvalue weighted by molar-refractivity contribution is 6.12. The van der Waals surface area contributed by atoms with E-state index in [2.05, 4.69) is 10.4 Å². The van der Waals surface area contributed by atoms with Gasteiger partial charge in [0, 0.05) is 36.4 Å². The number of hydrogen-bond donors (Lipinski definition) is 1. The van der Waals surface area contributed by atoms with E-state index in [4.69, 9.17) is 9.40 Å². The van der Waals surface area contributed by atoms with Crippen LogP contribution >= 0.6 is 0 Å². The van der Waals surface area contributed by atoms with Crippen LogP contribution in [0.1, 0.15) is 54.3 Å². The van der Waals surface area contributed by atoms with Gasteiger partial charge in [-0.05, 0) is 70.0 Å². The number of amides is 2. The second kappa shape index (κ2) is 8.13. The van der Waals surface area contributed by atoms with Crippen LogP contribution in [0.2, 0.25) is 0 Å². The van der Waals surface area contributed by atoms with Crippen molar-refractivity contribution in [1.82, 2.24) is 14.8 Å². The minimum absolute atomic E-state index is 0.0224. The topological polar surface area (TPSA) is 93.3 Å². The molecule has 8 heteroatoms. The van der Waals surface area contributed by atoms with Gasteiger partial charge in [0.05, 0.1) is 22.8 Å². The molecular weight excluding hydrogens is 430 g/mol. The van der Waals surface area contributed by atoms with Crippen molar-refractivity contribution in [2.45, 2.75) is 47.1 Å². The summed E-state index contributed by atoms with van der Waals surface area (Å²) in [4.78, 5) is 31.9. The summed E-state index contributed by atoms with van der Waals surface area (Å²) in [6.07, 6.45) is 2.46. The zero-order valence-electron chi connectivity index (χ0n) is 20.0. The maximum Gasteiger partial charge on any atom is 0.256 e. The van der Waals surface area contributed by atoms with Crippen LogP contribution in [0.25, 0.3) is 22.3 Å². The standard InChI is InChI=1S/C26H27N5O3/c1-14(2)31-25-22(13-27-31)21(12-23(29-25)20-10-15(3)34-16(20)4)26(33)28-19-6-7-24-18(11-19)8-9-30(24)17(5)32/h6-7,10-14H,8-9H2,1-5H3,(H,28,33). The summed E-state index contributed by atoms with van der Waals surface area (Å²) >= 11 is 0. The van der Waals surface area contributed by atoms with Crippen molar-refractivity contribution in [2.75, 3.05) is 16.8 Å². The minimum atomic E-state index is -0.240. The number of nitrogens with zero attached hydrogens (tertiary/aromatic N) is 4. The summed E-state index contributed by atoms with van der Waals surface area (Å²) in [7, 11) is 0. The number of aromatic nitrogens is 3. The molecule has 0 radical (unpaired) electrons. The molecule has 0 saturated carbocycles. The first-order valence-corrected chi connectivity index (χ1v) is 11.4. The first-order valence-electron chi connectivity index (χ1n) is 11.4. The molecule has 2 amide bonds. The Hall–Kier alpha value is -3.94. The van der Waals surface area contributed by atoms with Gasteiger partial charge in [0.1, 0.15) is 11.5 Å². The Bertz CT molecular complexity index is 1450. The van der Waals surface area contributed by atoms with Gasteiger partial charge in [-0.15, -0.1) is 0 Å². The Morgan fingerprint density at radius 1 is 1.15 bits per heavy atom. The smallest absolute Gasteiger partial charge is 0.256 e. The van der Waals surface area contributed by atoms with Gasteiger partial charge in [-0.1, -0.05) is 0 Å². The van der Waals surface area contributed by atoms with Crippen molar-refractivity contribution < 1.29 is 14.0 Å². The van der Waals surface area contributed by atoms with Crippen molar-refractivity contribution in [1.29, 1.82) is 0 Å². The average molecular weight is 458 g/mol. The lowest BCUT2D eigenvalue weighted by molar-refractivity contribution is -0.116. The molecule has 1 N–H and O–H groups in total. The third-order valence-corrected chi connectivity index (χ3v) is 6.23. The van der Waals surface area contributed by atoms with Crippen LogP contribution in [0.15, 0.2) is 40.9 Å². The van der Waals surface area contributed by atoms with Crippen LogP contribution in [-0.2, 0) is 11.2 Å². The predicted octanol–water partition coefficient (Wildman–Crippen LogP) is 5.05. The highest BCUT2D eigenvalue weighted by atomic mass is 16.3. The van der Waals surface area contributed by atoms with Gasteiger partial charge in [0.25, 0.3) is 5.91 Å². The molecule has 4 heterocycles. The Morgan fingerprint density at radius 2 is 1.94 bits per heavy atom. The van der Waals surface area contributed by atoms with Crippen LogP contribution in [0, 0.1) is 13.8 Å². The summed E-state index contributed by atoms with van der Waals surface area (Å²) in [5.74, 6) is 1.32. The lowest BCUT2D eigenvalue weighted by atomic mass is 10.1. The number of carbonyl (C=O) groups excluding carboxylic acids is 2. The third kappa shape index (κ3) is 3.65. The van der Waals surface area contributed by atoms with Gasteiger partial charge in [-0.3, -0.25) is 9.59 Å². The number of carbonyl (C=O) groups is 2. The molecule has 0 spiro atoms. The molecule has 4 aromatic rings. The van der Waals surface area contributed by atoms with Crippen LogP contribution in [0.5, 0.6) is 0 Å². The van der Waals surface area contributed by atoms with E-state index in [0.717, 1.165) is 34.8 Å². The maximum absolute atomic E-state index is 13.5. The molecule has 0 bridgehead atoms. The molecule has 174 valence electrons. The van der Waals surface area contributed by atoms with Crippen molar-refractivity contribution in [2.24, 2.45) is 0 Å². The molecule has 34 heavy (non-hydrogen) atoms. The van der Waals surface area contributed by atoms with E-state index in [1.807, 2.05) is 56.6 Å². The van der Waals surface area contributed by atoms with E-state index >= 15 is 0 Å². The number of fused-ring (bicyclic) bond motifs is 2. The molecule has 1 aromatic carbocycles. The fourth-order valence-electron chi connectivity index (χ4n) is 4.61. The maximum atomic E-state index is 13.5. The molecule has 0 unspecified atom stereocenters. The van der Waals surface area contributed by atoms with E-state index in [0.29, 0.717) is 34.5 Å². The quantitative estimate of drug-likeness (QED) is 0.463. The van der Waals surface area contributed by atoms with E-state index < -0.39 is 0 Å². The summed E-state index contributed by atoms with van der Waals surface area (Å²) in [5.41, 5.74) is 5.31. The lowest BCUT2D eigenvalue weighted by Gasteiger charge is -2.15. The minimum Gasteiger partial charge on any atom is -0.466 e. The Balaban J connectivity index is 1.56. The summed E-state index contributed by atoms with van der Waals surface area (Å²) in [6, 6.07) is 9.48. The second-order valence-electron chi connectivity index (χ2n) is 9.02. The predicted molar refractivity (Wildman–Crippen MR) is 131 cm³/mol. The third-order valence-electron chi connectivity index (χ3n) is 6.23. The van der Waals surface area contributed by atoms with Gasteiger partial charge >= 0.3 is 0 Å². The number of aryl methyl sites for hydroxylation is 2. The number of pyridine rings is 1. The molecule has 0 fully saturated rings.